The molecule has 0 atom stereocenters. The number of benzene rings is 2. The molecule has 0 bridgehead atoms. The van der Waals surface area contributed by atoms with E-state index in [2.05, 4.69) is 15.9 Å². The molecule has 0 spiro atoms. The molecule has 0 unspecified atom stereocenters. The molecular weight excluding hydrogens is 328 g/mol. The van der Waals surface area contributed by atoms with Gasteiger partial charge in [0.2, 0.25) is 0 Å². The zero-order valence-electron chi connectivity index (χ0n) is 10.3. The SMILES string of the molecule is CCOc1ccc(C(=O)c2ccc(Cl)c(Br)c2)cc1. The zero-order chi connectivity index (χ0) is 13.8. The van der Waals surface area contributed by atoms with E-state index in [1.54, 1.807) is 42.5 Å². The van der Waals surface area contributed by atoms with Crippen LogP contribution in [0.1, 0.15) is 22.8 Å². The van der Waals surface area contributed by atoms with E-state index >= 15 is 0 Å². The van der Waals surface area contributed by atoms with Crippen molar-refractivity contribution in [2.24, 2.45) is 0 Å². The Morgan fingerprint density at radius 3 is 2.37 bits per heavy atom. The molecule has 4 heteroatoms. The summed E-state index contributed by atoms with van der Waals surface area (Å²) in [5, 5.41) is 0.586. The van der Waals surface area contributed by atoms with Crippen molar-refractivity contribution in [3.8, 4) is 5.75 Å². The van der Waals surface area contributed by atoms with Gasteiger partial charge in [0, 0.05) is 15.6 Å². The number of ketones is 1. The highest BCUT2D eigenvalue weighted by Crippen LogP contribution is 2.24. The standard InChI is InChI=1S/C15H12BrClO2/c1-2-19-12-6-3-10(4-7-12)15(18)11-5-8-14(17)13(16)9-11/h3-9H,2H2,1H3. The van der Waals surface area contributed by atoms with Gasteiger partial charge in [-0.25, -0.2) is 0 Å². The molecule has 0 N–H and O–H groups in total. The average Bonchev–Trinajstić information content (AvgIpc) is 2.42. The minimum absolute atomic E-state index is 0.0413. The number of halogens is 2. The molecule has 19 heavy (non-hydrogen) atoms. The highest BCUT2D eigenvalue weighted by atomic mass is 79.9. The molecule has 0 aliphatic heterocycles. The first-order valence-electron chi connectivity index (χ1n) is 5.84. The third-order valence-corrected chi connectivity index (χ3v) is 3.82. The Morgan fingerprint density at radius 1 is 1.16 bits per heavy atom. The van der Waals surface area contributed by atoms with E-state index < -0.39 is 0 Å². The minimum atomic E-state index is -0.0413. The molecule has 0 saturated heterocycles. The van der Waals surface area contributed by atoms with Gasteiger partial charge in [-0.05, 0) is 65.3 Å². The number of carbonyl (C=O) groups is 1. The lowest BCUT2D eigenvalue weighted by atomic mass is 10.0. The summed E-state index contributed by atoms with van der Waals surface area (Å²) in [6.07, 6.45) is 0. The van der Waals surface area contributed by atoms with Gasteiger partial charge in [0.1, 0.15) is 5.75 Å². The van der Waals surface area contributed by atoms with Crippen LogP contribution in [0.15, 0.2) is 46.9 Å². The molecule has 0 fully saturated rings. The molecule has 98 valence electrons. The third-order valence-electron chi connectivity index (χ3n) is 2.61. The molecule has 0 aliphatic rings. The summed E-state index contributed by atoms with van der Waals surface area (Å²) in [7, 11) is 0. The molecule has 0 amide bonds. The molecule has 2 rings (SSSR count). The number of rotatable bonds is 4. The van der Waals surface area contributed by atoms with Crippen LogP contribution in [0.4, 0.5) is 0 Å². The maximum atomic E-state index is 12.3. The fourth-order valence-corrected chi connectivity index (χ4v) is 2.17. The molecule has 0 heterocycles. The van der Waals surface area contributed by atoms with Crippen LogP contribution in [-0.4, -0.2) is 12.4 Å². The van der Waals surface area contributed by atoms with E-state index in [9.17, 15) is 4.79 Å². The van der Waals surface area contributed by atoms with Crippen LogP contribution in [0, 0.1) is 0 Å². The number of ether oxygens (including phenoxy) is 1. The van der Waals surface area contributed by atoms with Crippen LogP contribution in [-0.2, 0) is 0 Å². The van der Waals surface area contributed by atoms with Crippen LogP contribution in [0.3, 0.4) is 0 Å². The lowest BCUT2D eigenvalue weighted by Gasteiger charge is -2.05. The maximum absolute atomic E-state index is 12.3. The predicted octanol–water partition coefficient (Wildman–Crippen LogP) is 4.73. The smallest absolute Gasteiger partial charge is 0.193 e. The zero-order valence-corrected chi connectivity index (χ0v) is 12.7. The van der Waals surface area contributed by atoms with Gasteiger partial charge in [0.15, 0.2) is 5.78 Å². The molecule has 2 aromatic rings. The Balaban J connectivity index is 2.25. The molecule has 0 saturated carbocycles. The fraction of sp³-hybridized carbons (Fsp3) is 0.133. The van der Waals surface area contributed by atoms with Crippen LogP contribution >= 0.6 is 27.5 Å². The minimum Gasteiger partial charge on any atom is -0.494 e. The first kappa shape index (κ1) is 14.1. The Hall–Kier alpha value is -1.32. The Kier molecular flexibility index (Phi) is 4.61. The highest BCUT2D eigenvalue weighted by molar-refractivity contribution is 9.10. The average molecular weight is 340 g/mol. The van der Waals surface area contributed by atoms with Gasteiger partial charge in [-0.2, -0.15) is 0 Å². The van der Waals surface area contributed by atoms with Gasteiger partial charge in [-0.1, -0.05) is 11.6 Å². The second kappa shape index (κ2) is 6.22. The van der Waals surface area contributed by atoms with E-state index in [0.29, 0.717) is 27.2 Å². The highest BCUT2D eigenvalue weighted by Gasteiger charge is 2.10. The summed E-state index contributed by atoms with van der Waals surface area (Å²) in [5.41, 5.74) is 1.22. The van der Waals surface area contributed by atoms with Crippen molar-refractivity contribution in [2.45, 2.75) is 6.92 Å². The summed E-state index contributed by atoms with van der Waals surface area (Å²) >= 11 is 9.23. The van der Waals surface area contributed by atoms with Crippen molar-refractivity contribution in [3.63, 3.8) is 0 Å². The molecule has 0 aromatic heterocycles. The Labute approximate surface area is 125 Å². The van der Waals surface area contributed by atoms with Gasteiger partial charge in [0.05, 0.1) is 11.6 Å². The second-order valence-electron chi connectivity index (χ2n) is 3.92. The largest absolute Gasteiger partial charge is 0.494 e. The first-order valence-corrected chi connectivity index (χ1v) is 7.01. The van der Waals surface area contributed by atoms with Gasteiger partial charge < -0.3 is 4.74 Å². The van der Waals surface area contributed by atoms with E-state index in [1.165, 1.54) is 0 Å². The summed E-state index contributed by atoms with van der Waals surface area (Å²) in [4.78, 5) is 12.3. The van der Waals surface area contributed by atoms with Crippen LogP contribution < -0.4 is 4.74 Å². The lowest BCUT2D eigenvalue weighted by Crippen LogP contribution is -2.01. The van der Waals surface area contributed by atoms with Crippen LogP contribution in [0.2, 0.25) is 5.02 Å². The lowest BCUT2D eigenvalue weighted by molar-refractivity contribution is 0.103. The normalized spacial score (nSPS) is 10.3. The van der Waals surface area contributed by atoms with Crippen molar-refractivity contribution in [2.75, 3.05) is 6.61 Å². The molecule has 0 aliphatic carbocycles. The Morgan fingerprint density at radius 2 is 1.79 bits per heavy atom. The maximum Gasteiger partial charge on any atom is 0.193 e. The molecule has 2 nitrogen and oxygen atoms in total. The molecular formula is C15H12BrClO2. The van der Waals surface area contributed by atoms with Gasteiger partial charge in [-0.15, -0.1) is 0 Å². The molecule has 0 radical (unpaired) electrons. The quantitative estimate of drug-likeness (QED) is 0.753. The van der Waals surface area contributed by atoms with Crippen molar-refractivity contribution in [1.82, 2.24) is 0 Å². The predicted molar refractivity (Wildman–Crippen MR) is 80.2 cm³/mol. The van der Waals surface area contributed by atoms with Crippen LogP contribution in [0.25, 0.3) is 0 Å². The summed E-state index contributed by atoms with van der Waals surface area (Å²) in [5.74, 6) is 0.719. The van der Waals surface area contributed by atoms with E-state index in [4.69, 9.17) is 16.3 Å². The third kappa shape index (κ3) is 3.37. The topological polar surface area (TPSA) is 26.3 Å². The van der Waals surface area contributed by atoms with Gasteiger partial charge >= 0.3 is 0 Å². The number of hydrogen-bond donors (Lipinski definition) is 0. The summed E-state index contributed by atoms with van der Waals surface area (Å²) in [6.45, 7) is 2.53. The molecule has 2 aromatic carbocycles. The Bertz CT molecular complexity index is 594. The van der Waals surface area contributed by atoms with Gasteiger partial charge in [-0.3, -0.25) is 4.79 Å². The van der Waals surface area contributed by atoms with E-state index in [0.717, 1.165) is 5.75 Å². The summed E-state index contributed by atoms with van der Waals surface area (Å²) in [6, 6.07) is 12.2. The van der Waals surface area contributed by atoms with Crippen molar-refractivity contribution in [1.29, 1.82) is 0 Å². The first-order chi connectivity index (χ1) is 9.11. The van der Waals surface area contributed by atoms with Gasteiger partial charge in [0.25, 0.3) is 0 Å². The monoisotopic (exact) mass is 338 g/mol. The van der Waals surface area contributed by atoms with Crippen molar-refractivity contribution < 1.29 is 9.53 Å². The van der Waals surface area contributed by atoms with E-state index in [1.807, 2.05) is 6.92 Å². The number of hydrogen-bond acceptors (Lipinski definition) is 2. The summed E-state index contributed by atoms with van der Waals surface area (Å²) < 4.78 is 6.06. The second-order valence-corrected chi connectivity index (χ2v) is 5.18. The fourth-order valence-electron chi connectivity index (χ4n) is 1.67. The van der Waals surface area contributed by atoms with Crippen molar-refractivity contribution in [3.05, 3.63) is 63.1 Å². The number of carbonyl (C=O) groups excluding carboxylic acids is 1. The van der Waals surface area contributed by atoms with Crippen molar-refractivity contribution >= 4 is 33.3 Å². The van der Waals surface area contributed by atoms with Crippen LogP contribution in [0.5, 0.6) is 5.75 Å². The van der Waals surface area contributed by atoms with E-state index in [-0.39, 0.29) is 5.78 Å².